The lowest BCUT2D eigenvalue weighted by Gasteiger charge is -2.35. The molecule has 1 aromatic carbocycles. The van der Waals surface area contributed by atoms with Gasteiger partial charge in [-0.15, -0.1) is 0 Å². The monoisotopic (exact) mass is 348 g/mol. The van der Waals surface area contributed by atoms with Crippen LogP contribution < -0.4 is 0 Å². The highest BCUT2D eigenvalue weighted by molar-refractivity contribution is 5.14. The number of piperidine rings is 1. The Kier molecular flexibility index (Phi) is 7.70. The topological polar surface area (TPSA) is 45.2 Å². The second-order valence-corrected chi connectivity index (χ2v) is 7.17. The Morgan fingerprint density at radius 3 is 2.32 bits per heavy atom. The molecule has 25 heavy (non-hydrogen) atoms. The third kappa shape index (κ3) is 6.68. The fourth-order valence-corrected chi connectivity index (χ4v) is 3.68. The van der Waals surface area contributed by atoms with Gasteiger partial charge in [0.15, 0.2) is 0 Å². The van der Waals surface area contributed by atoms with Gasteiger partial charge >= 0.3 is 0 Å². The van der Waals surface area contributed by atoms with Gasteiger partial charge in [0.2, 0.25) is 0 Å². The number of hydrogen-bond acceptors (Lipinski definition) is 5. The highest BCUT2D eigenvalue weighted by Gasteiger charge is 2.22. The normalized spacial score (nSPS) is 22.1. The molecule has 1 atom stereocenters. The molecule has 2 aliphatic heterocycles. The number of benzene rings is 1. The van der Waals surface area contributed by atoms with Crippen LogP contribution in [0, 0.1) is 0 Å². The van der Waals surface area contributed by atoms with E-state index in [1.165, 1.54) is 5.56 Å². The van der Waals surface area contributed by atoms with Crippen molar-refractivity contribution >= 4 is 0 Å². The molecule has 1 unspecified atom stereocenters. The van der Waals surface area contributed by atoms with Gasteiger partial charge in [-0.2, -0.15) is 0 Å². The predicted octanol–water partition coefficient (Wildman–Crippen LogP) is 1.40. The molecule has 1 aromatic rings. The van der Waals surface area contributed by atoms with Crippen molar-refractivity contribution in [3.63, 3.8) is 0 Å². The lowest BCUT2D eigenvalue weighted by Crippen LogP contribution is -2.46. The van der Waals surface area contributed by atoms with Crippen LogP contribution >= 0.6 is 0 Å². The van der Waals surface area contributed by atoms with Crippen LogP contribution in [0.2, 0.25) is 0 Å². The summed E-state index contributed by atoms with van der Waals surface area (Å²) >= 11 is 0. The molecule has 0 amide bonds. The maximum absolute atomic E-state index is 10.3. The number of β-amino-alcohol motifs (C(OH)–C–C–N with tert-alkyl or cyclic N) is 1. The molecule has 0 spiro atoms. The molecule has 0 saturated carbocycles. The summed E-state index contributed by atoms with van der Waals surface area (Å²) in [5.41, 5.74) is 1.34. The van der Waals surface area contributed by atoms with Crippen molar-refractivity contribution in [3.8, 4) is 0 Å². The zero-order chi connectivity index (χ0) is 17.3. The third-order valence-electron chi connectivity index (χ3n) is 5.16. The minimum absolute atomic E-state index is 0.270. The fraction of sp³-hybridized carbons (Fsp3) is 0.700. The van der Waals surface area contributed by atoms with Crippen molar-refractivity contribution in [1.82, 2.24) is 9.80 Å². The van der Waals surface area contributed by atoms with Crippen LogP contribution in [-0.4, -0.2) is 86.2 Å². The van der Waals surface area contributed by atoms with E-state index in [1.54, 1.807) is 0 Å². The smallest absolute Gasteiger partial charge is 0.0793 e. The number of aliphatic hydroxyl groups is 1. The first kappa shape index (κ1) is 18.8. The van der Waals surface area contributed by atoms with Gasteiger partial charge in [0.25, 0.3) is 0 Å². The average molecular weight is 348 g/mol. The molecule has 2 heterocycles. The number of hydrogen-bond donors (Lipinski definition) is 1. The van der Waals surface area contributed by atoms with Crippen LogP contribution in [0.15, 0.2) is 30.3 Å². The SMILES string of the molecule is OC(CN1CCOCC1)CN1CCC(OCCc2ccccc2)CC1. The van der Waals surface area contributed by atoms with Gasteiger partial charge in [-0.3, -0.25) is 4.90 Å². The Balaban J connectivity index is 1.27. The molecule has 0 bridgehead atoms. The molecule has 1 N–H and O–H groups in total. The van der Waals surface area contributed by atoms with E-state index in [0.29, 0.717) is 6.10 Å². The van der Waals surface area contributed by atoms with E-state index in [4.69, 9.17) is 9.47 Å². The zero-order valence-electron chi connectivity index (χ0n) is 15.2. The molecule has 0 aromatic heterocycles. The molecule has 5 heteroatoms. The molecule has 140 valence electrons. The number of rotatable bonds is 8. The van der Waals surface area contributed by atoms with Gasteiger partial charge in [-0.1, -0.05) is 30.3 Å². The first-order valence-corrected chi connectivity index (χ1v) is 9.65. The molecule has 5 nitrogen and oxygen atoms in total. The van der Waals surface area contributed by atoms with Gasteiger partial charge in [-0.05, 0) is 24.8 Å². The van der Waals surface area contributed by atoms with E-state index in [2.05, 4.69) is 34.1 Å². The van der Waals surface area contributed by atoms with Crippen molar-refractivity contribution in [2.45, 2.75) is 31.5 Å². The third-order valence-corrected chi connectivity index (χ3v) is 5.16. The Morgan fingerprint density at radius 1 is 1.00 bits per heavy atom. The highest BCUT2D eigenvalue weighted by Crippen LogP contribution is 2.15. The van der Waals surface area contributed by atoms with Crippen molar-refractivity contribution in [2.75, 3.05) is 59.1 Å². The van der Waals surface area contributed by atoms with Crippen molar-refractivity contribution in [1.29, 1.82) is 0 Å². The largest absolute Gasteiger partial charge is 0.390 e. The number of morpholine rings is 1. The van der Waals surface area contributed by atoms with Crippen molar-refractivity contribution < 1.29 is 14.6 Å². The molecule has 0 aliphatic carbocycles. The lowest BCUT2D eigenvalue weighted by atomic mass is 10.1. The summed E-state index contributed by atoms with van der Waals surface area (Å²) in [6, 6.07) is 10.5. The van der Waals surface area contributed by atoms with Gasteiger partial charge in [0, 0.05) is 39.3 Å². The van der Waals surface area contributed by atoms with Crippen LogP contribution in [0.25, 0.3) is 0 Å². The average Bonchev–Trinajstić information content (AvgIpc) is 2.65. The van der Waals surface area contributed by atoms with E-state index in [9.17, 15) is 5.11 Å². The van der Waals surface area contributed by atoms with Gasteiger partial charge < -0.3 is 19.5 Å². The summed E-state index contributed by atoms with van der Waals surface area (Å²) in [5, 5.41) is 10.3. The quantitative estimate of drug-likeness (QED) is 0.769. The number of likely N-dealkylation sites (tertiary alicyclic amines) is 1. The summed E-state index contributed by atoms with van der Waals surface area (Å²) in [5.74, 6) is 0. The fourth-order valence-electron chi connectivity index (χ4n) is 3.68. The highest BCUT2D eigenvalue weighted by atomic mass is 16.5. The first-order valence-electron chi connectivity index (χ1n) is 9.65. The summed E-state index contributed by atoms with van der Waals surface area (Å²) in [4.78, 5) is 4.68. The van der Waals surface area contributed by atoms with Crippen LogP contribution in [0.3, 0.4) is 0 Å². The van der Waals surface area contributed by atoms with Crippen LogP contribution in [0.5, 0.6) is 0 Å². The standard InChI is InChI=1S/C20H32N2O3/c23-19(17-22-11-14-24-15-12-22)16-21-9-6-20(7-10-21)25-13-8-18-4-2-1-3-5-18/h1-5,19-20,23H,6-17H2. The second-order valence-electron chi connectivity index (χ2n) is 7.17. The molecule has 3 rings (SSSR count). The number of nitrogens with zero attached hydrogens (tertiary/aromatic N) is 2. The summed E-state index contributed by atoms with van der Waals surface area (Å²) in [7, 11) is 0. The minimum Gasteiger partial charge on any atom is -0.390 e. The predicted molar refractivity (Wildman–Crippen MR) is 98.8 cm³/mol. The maximum Gasteiger partial charge on any atom is 0.0793 e. The van der Waals surface area contributed by atoms with Gasteiger partial charge in [0.1, 0.15) is 0 Å². The number of ether oxygens (including phenoxy) is 2. The van der Waals surface area contributed by atoms with E-state index in [0.717, 1.165) is 78.4 Å². The van der Waals surface area contributed by atoms with E-state index in [1.807, 2.05) is 6.07 Å². The van der Waals surface area contributed by atoms with Crippen LogP contribution in [0.4, 0.5) is 0 Å². The number of aliphatic hydroxyl groups excluding tert-OH is 1. The van der Waals surface area contributed by atoms with E-state index in [-0.39, 0.29) is 6.10 Å². The molecule has 0 radical (unpaired) electrons. The zero-order valence-corrected chi connectivity index (χ0v) is 15.2. The van der Waals surface area contributed by atoms with Crippen molar-refractivity contribution in [3.05, 3.63) is 35.9 Å². The Bertz CT molecular complexity index is 471. The lowest BCUT2D eigenvalue weighted by molar-refractivity contribution is -0.0144. The van der Waals surface area contributed by atoms with Crippen LogP contribution in [-0.2, 0) is 15.9 Å². The Morgan fingerprint density at radius 2 is 1.64 bits per heavy atom. The van der Waals surface area contributed by atoms with E-state index >= 15 is 0 Å². The Hall–Kier alpha value is -0.980. The Labute approximate surface area is 151 Å². The molecular formula is C20H32N2O3. The first-order chi connectivity index (χ1) is 12.3. The van der Waals surface area contributed by atoms with Gasteiger partial charge in [-0.25, -0.2) is 0 Å². The summed E-state index contributed by atoms with van der Waals surface area (Å²) in [6.45, 7) is 7.84. The van der Waals surface area contributed by atoms with Crippen LogP contribution in [0.1, 0.15) is 18.4 Å². The minimum atomic E-state index is -0.270. The van der Waals surface area contributed by atoms with E-state index < -0.39 is 0 Å². The van der Waals surface area contributed by atoms with Gasteiger partial charge in [0.05, 0.1) is 32.0 Å². The molecule has 2 aliphatic rings. The maximum atomic E-state index is 10.3. The summed E-state index contributed by atoms with van der Waals surface area (Å²) in [6.07, 6.45) is 3.22. The molecule has 2 fully saturated rings. The molecular weight excluding hydrogens is 316 g/mol. The summed E-state index contributed by atoms with van der Waals surface area (Å²) < 4.78 is 11.4. The van der Waals surface area contributed by atoms with Crippen molar-refractivity contribution in [2.24, 2.45) is 0 Å². The molecule has 2 saturated heterocycles. The second kappa shape index (κ2) is 10.2.